The molecule has 6 nitrogen and oxygen atoms in total. The Morgan fingerprint density at radius 1 is 1.11 bits per heavy atom. The van der Waals surface area contributed by atoms with E-state index in [0.29, 0.717) is 38.6 Å². The molecule has 1 N–H and O–H groups in total. The van der Waals surface area contributed by atoms with Gasteiger partial charge >= 0.3 is 0 Å². The summed E-state index contributed by atoms with van der Waals surface area (Å²) in [6, 6.07) is 17.6. The van der Waals surface area contributed by atoms with Crippen molar-refractivity contribution in [3.05, 3.63) is 95.9 Å². The Morgan fingerprint density at radius 2 is 1.86 bits per heavy atom. The molecule has 1 saturated heterocycles. The molecule has 1 aliphatic heterocycles. The van der Waals surface area contributed by atoms with E-state index in [1.165, 1.54) is 0 Å². The molecule has 0 atom stereocenters. The lowest BCUT2D eigenvalue weighted by atomic mass is 10.1. The van der Waals surface area contributed by atoms with Crippen LogP contribution >= 0.6 is 57.6 Å². The van der Waals surface area contributed by atoms with E-state index < -0.39 is 5.91 Å². The van der Waals surface area contributed by atoms with Crippen LogP contribution in [0.4, 0.5) is 0 Å². The van der Waals surface area contributed by atoms with Gasteiger partial charge in [-0.05, 0) is 95.4 Å². The molecule has 0 spiro atoms. The summed E-state index contributed by atoms with van der Waals surface area (Å²) >= 11 is 15.4. The average molecular weight is 653 g/mol. The highest BCUT2D eigenvalue weighted by atomic mass is 127. The second-order valence-corrected chi connectivity index (χ2v) is 10.5. The Kier molecular flexibility index (Phi) is 8.95. The molecule has 3 aromatic carbocycles. The number of ether oxygens (including phenoxy) is 2. The maximum atomic E-state index is 12.5. The number of hydrogen-bond donors (Lipinski definition) is 1. The topological polar surface area (TPSA) is 77.0 Å². The maximum Gasteiger partial charge on any atom is 0.279 e. The summed E-state index contributed by atoms with van der Waals surface area (Å²) in [6.07, 6.45) is 1.72. The van der Waals surface area contributed by atoms with Gasteiger partial charge in [0.15, 0.2) is 16.7 Å². The summed E-state index contributed by atoms with van der Waals surface area (Å²) in [5.74, 6) is 0.343. The molecule has 2 amide bonds. The summed E-state index contributed by atoms with van der Waals surface area (Å²) < 4.78 is 12.7. The number of hydrogen-bond acceptors (Lipinski definition) is 5. The first-order chi connectivity index (χ1) is 17.3. The number of carbonyl (C=O) groups is 2. The van der Waals surface area contributed by atoms with E-state index in [9.17, 15) is 9.59 Å². The number of carbonyl (C=O) groups excluding carboxylic acids is 2. The van der Waals surface area contributed by atoms with Crippen molar-refractivity contribution in [3.63, 3.8) is 0 Å². The molecule has 0 aliphatic carbocycles. The molecule has 1 aliphatic rings. The fourth-order valence-corrected chi connectivity index (χ4v) is 5.14. The smallest absolute Gasteiger partial charge is 0.279 e. The van der Waals surface area contributed by atoms with Crippen LogP contribution in [0.3, 0.4) is 0 Å². The minimum Gasteiger partial charge on any atom is -0.490 e. The third-order valence-corrected chi connectivity index (χ3v) is 7.24. The van der Waals surface area contributed by atoms with Crippen LogP contribution in [0.2, 0.25) is 10.0 Å². The number of benzene rings is 3. The number of thioether (sulfide) groups is 1. The molecule has 0 unspecified atom stereocenters. The van der Waals surface area contributed by atoms with Crippen LogP contribution in [0.15, 0.2) is 70.6 Å². The molecule has 1 heterocycles. The maximum absolute atomic E-state index is 12.5. The second-order valence-electron chi connectivity index (χ2n) is 7.44. The van der Waals surface area contributed by atoms with Gasteiger partial charge in [-0.2, -0.15) is 4.99 Å². The molecule has 36 heavy (non-hydrogen) atoms. The predicted molar refractivity (Wildman–Crippen MR) is 153 cm³/mol. The Labute approximate surface area is 236 Å². The van der Waals surface area contributed by atoms with Gasteiger partial charge in [-0.25, -0.2) is 0 Å². The van der Waals surface area contributed by atoms with E-state index in [4.69, 9.17) is 32.7 Å². The van der Waals surface area contributed by atoms with E-state index in [0.717, 1.165) is 26.5 Å². The Hall–Kier alpha value is -2.53. The number of nitrogens with one attached hydrogen (secondary N) is 1. The van der Waals surface area contributed by atoms with Crippen LogP contribution in [-0.2, 0) is 11.4 Å². The van der Waals surface area contributed by atoms with Gasteiger partial charge < -0.3 is 14.8 Å². The largest absolute Gasteiger partial charge is 0.490 e. The molecule has 184 valence electrons. The molecule has 1 fully saturated rings. The summed E-state index contributed by atoms with van der Waals surface area (Å²) in [7, 11) is 0. The molecule has 3 aromatic rings. The Bertz CT molecular complexity index is 1380. The van der Waals surface area contributed by atoms with Crippen molar-refractivity contribution in [2.75, 3.05) is 6.61 Å². The molecule has 4 rings (SSSR count). The van der Waals surface area contributed by atoms with E-state index >= 15 is 0 Å². The van der Waals surface area contributed by atoms with Crippen molar-refractivity contribution in [1.82, 2.24) is 5.32 Å². The van der Waals surface area contributed by atoms with Crippen molar-refractivity contribution in [3.8, 4) is 11.5 Å². The van der Waals surface area contributed by atoms with Gasteiger partial charge in [-0.3, -0.25) is 9.59 Å². The van der Waals surface area contributed by atoms with Crippen LogP contribution < -0.4 is 14.8 Å². The second kappa shape index (κ2) is 12.1. The molecular formula is C26H19Cl2IN2O4S. The first kappa shape index (κ1) is 26.5. The number of aliphatic imine (C=N–C) groups is 1. The van der Waals surface area contributed by atoms with Gasteiger partial charge in [-0.1, -0.05) is 41.4 Å². The van der Waals surface area contributed by atoms with Crippen LogP contribution in [0, 0.1) is 3.57 Å². The average Bonchev–Trinajstić information content (AvgIpc) is 3.18. The van der Waals surface area contributed by atoms with Gasteiger partial charge in [0.25, 0.3) is 11.8 Å². The molecule has 0 saturated carbocycles. The number of nitrogens with zero attached hydrogens (tertiary/aromatic N) is 1. The van der Waals surface area contributed by atoms with Crippen molar-refractivity contribution < 1.29 is 19.1 Å². The minimum atomic E-state index is -0.469. The van der Waals surface area contributed by atoms with Gasteiger partial charge in [-0.15, -0.1) is 0 Å². The standard InChI is InChI=1S/C26H19Cl2IN2O4S/c1-2-34-21-12-15(11-20(29)23(21)35-14-17-5-3-4-6-19(17)28)13-22-25(33)31-26(36-22)30-24(32)16-7-9-18(27)10-8-16/h3-13H,2,14H2,1H3,(H,30,31,32,33)/b22-13-. The predicted octanol–water partition coefficient (Wildman–Crippen LogP) is 6.98. The lowest BCUT2D eigenvalue weighted by molar-refractivity contribution is -0.115. The molecular weight excluding hydrogens is 634 g/mol. The summed E-state index contributed by atoms with van der Waals surface area (Å²) in [6.45, 7) is 2.61. The quantitative estimate of drug-likeness (QED) is 0.220. The van der Waals surface area contributed by atoms with E-state index in [1.807, 2.05) is 43.3 Å². The normalized spacial score (nSPS) is 15.3. The molecule has 0 bridgehead atoms. The Morgan fingerprint density at radius 3 is 2.58 bits per heavy atom. The third kappa shape index (κ3) is 6.61. The van der Waals surface area contributed by atoms with Crippen LogP contribution in [-0.4, -0.2) is 23.6 Å². The zero-order chi connectivity index (χ0) is 25.7. The van der Waals surface area contributed by atoms with E-state index in [1.54, 1.807) is 30.3 Å². The zero-order valence-corrected chi connectivity index (χ0v) is 23.4. The lowest BCUT2D eigenvalue weighted by Gasteiger charge is -2.15. The summed E-state index contributed by atoms with van der Waals surface area (Å²) in [4.78, 5) is 29.4. The lowest BCUT2D eigenvalue weighted by Crippen LogP contribution is -2.20. The van der Waals surface area contributed by atoms with Gasteiger partial charge in [0.05, 0.1) is 15.1 Å². The molecule has 0 radical (unpaired) electrons. The third-order valence-electron chi connectivity index (χ3n) is 4.90. The number of amides is 2. The zero-order valence-electron chi connectivity index (χ0n) is 18.9. The van der Waals surface area contributed by atoms with Crippen molar-refractivity contribution in [2.45, 2.75) is 13.5 Å². The van der Waals surface area contributed by atoms with Crippen molar-refractivity contribution in [2.24, 2.45) is 4.99 Å². The molecule has 10 heteroatoms. The van der Waals surface area contributed by atoms with Gasteiger partial charge in [0, 0.05) is 21.2 Å². The number of halogens is 3. The van der Waals surface area contributed by atoms with Gasteiger partial charge in [0.2, 0.25) is 0 Å². The van der Waals surface area contributed by atoms with Crippen LogP contribution in [0.25, 0.3) is 6.08 Å². The summed E-state index contributed by atoms with van der Waals surface area (Å²) in [5.41, 5.74) is 1.99. The van der Waals surface area contributed by atoms with Crippen LogP contribution in [0.5, 0.6) is 11.5 Å². The number of rotatable bonds is 7. The highest BCUT2D eigenvalue weighted by molar-refractivity contribution is 14.1. The van der Waals surface area contributed by atoms with Crippen molar-refractivity contribution >= 4 is 80.6 Å². The first-order valence-corrected chi connectivity index (χ1v) is 13.4. The Balaban J connectivity index is 1.54. The summed E-state index contributed by atoms with van der Waals surface area (Å²) in [5, 5.41) is 4.00. The first-order valence-electron chi connectivity index (χ1n) is 10.8. The highest BCUT2D eigenvalue weighted by Crippen LogP contribution is 2.37. The van der Waals surface area contributed by atoms with E-state index in [-0.39, 0.29) is 17.7 Å². The van der Waals surface area contributed by atoms with Gasteiger partial charge in [0.1, 0.15) is 6.61 Å². The SMILES string of the molecule is CCOc1cc(/C=C2\SC(=NC(=O)c3ccc(Cl)cc3)NC2=O)cc(I)c1OCc1ccccc1Cl. The van der Waals surface area contributed by atoms with Crippen LogP contribution in [0.1, 0.15) is 28.4 Å². The highest BCUT2D eigenvalue weighted by Gasteiger charge is 2.25. The number of amidine groups is 1. The van der Waals surface area contributed by atoms with E-state index in [2.05, 4.69) is 32.9 Å². The minimum absolute atomic E-state index is 0.214. The monoisotopic (exact) mass is 652 g/mol. The fraction of sp³-hybridized carbons (Fsp3) is 0.115. The molecule has 0 aromatic heterocycles. The van der Waals surface area contributed by atoms with Crippen molar-refractivity contribution in [1.29, 1.82) is 0 Å². The fourth-order valence-electron chi connectivity index (χ4n) is 3.22.